The van der Waals surface area contributed by atoms with Gasteiger partial charge in [0.15, 0.2) is 0 Å². The Morgan fingerprint density at radius 3 is 0.591 bits per heavy atom. The Hall–Kier alpha value is 0.0900. The molecular formula is C38H80ClNO4. The Morgan fingerprint density at radius 1 is 0.295 bits per heavy atom. The van der Waals surface area contributed by atoms with Gasteiger partial charge in [0.25, 0.3) is 0 Å². The lowest BCUT2D eigenvalue weighted by Crippen LogP contribution is -2.68. The van der Waals surface area contributed by atoms with Crippen molar-refractivity contribution < 1.29 is 33.4 Å². The van der Waals surface area contributed by atoms with Gasteiger partial charge in [0.1, 0.15) is 0 Å². The molecular weight excluding hydrogens is 570 g/mol. The SMILES string of the molecule is CCCCCCCCCCCCCCCCCC[N+](C)(C)CCCCCCCCCCCCCCCCCC.[O-][Cl+3]([O-])([O-])[O-]. The normalized spacial score (nSPS) is 12.0. The first kappa shape index (κ1) is 46.2. The largest absolute Gasteiger partial charge is 0.328 e. The summed E-state index contributed by atoms with van der Waals surface area (Å²) in [5, 5.41) is 0. The number of nitrogens with zero attached hydrogens (tertiary/aromatic N) is 1. The lowest BCUT2D eigenvalue weighted by Gasteiger charge is -2.30. The van der Waals surface area contributed by atoms with E-state index in [1.165, 1.54) is 223 Å². The first-order chi connectivity index (χ1) is 21.1. The average Bonchev–Trinajstić information content (AvgIpc) is 2.96. The molecule has 0 rings (SSSR count). The molecule has 0 heterocycles. The van der Waals surface area contributed by atoms with Crippen LogP contribution < -0.4 is 18.6 Å². The van der Waals surface area contributed by atoms with Crippen LogP contribution in [-0.4, -0.2) is 31.7 Å². The third-order valence-corrected chi connectivity index (χ3v) is 9.23. The average molecular weight is 651 g/mol. The molecule has 0 saturated heterocycles. The van der Waals surface area contributed by atoms with Crippen LogP contribution in [0.4, 0.5) is 0 Å². The van der Waals surface area contributed by atoms with Crippen LogP contribution in [0, 0.1) is 10.2 Å². The van der Waals surface area contributed by atoms with E-state index in [2.05, 4.69) is 27.9 Å². The fourth-order valence-corrected chi connectivity index (χ4v) is 6.29. The van der Waals surface area contributed by atoms with Crippen molar-refractivity contribution in [1.82, 2.24) is 0 Å². The fourth-order valence-electron chi connectivity index (χ4n) is 6.29. The first-order valence-corrected chi connectivity index (χ1v) is 20.8. The number of quaternary nitrogens is 1. The van der Waals surface area contributed by atoms with E-state index in [-0.39, 0.29) is 0 Å². The van der Waals surface area contributed by atoms with E-state index in [1.54, 1.807) is 0 Å². The van der Waals surface area contributed by atoms with Gasteiger partial charge in [-0.25, -0.2) is 18.6 Å². The van der Waals surface area contributed by atoms with Crippen LogP contribution in [-0.2, 0) is 0 Å². The lowest BCUT2D eigenvalue weighted by molar-refractivity contribution is -2.00. The number of unbranched alkanes of at least 4 members (excludes halogenated alkanes) is 30. The van der Waals surface area contributed by atoms with Crippen molar-refractivity contribution in [2.24, 2.45) is 0 Å². The highest BCUT2D eigenvalue weighted by Gasteiger charge is 2.13. The maximum absolute atomic E-state index is 8.49. The van der Waals surface area contributed by atoms with Crippen LogP contribution in [0.15, 0.2) is 0 Å². The second-order valence-corrected chi connectivity index (χ2v) is 15.1. The number of rotatable bonds is 34. The molecule has 0 amide bonds. The molecule has 0 aromatic rings. The van der Waals surface area contributed by atoms with E-state index in [4.69, 9.17) is 18.6 Å². The first-order valence-electron chi connectivity index (χ1n) is 19.6. The van der Waals surface area contributed by atoms with Crippen molar-refractivity contribution in [1.29, 1.82) is 0 Å². The minimum atomic E-state index is -4.94. The Balaban J connectivity index is 0. The van der Waals surface area contributed by atoms with Crippen molar-refractivity contribution in [3.8, 4) is 0 Å². The van der Waals surface area contributed by atoms with Crippen LogP contribution in [0.5, 0.6) is 0 Å². The van der Waals surface area contributed by atoms with Crippen molar-refractivity contribution in [3.05, 3.63) is 0 Å². The van der Waals surface area contributed by atoms with Gasteiger partial charge in [-0.15, -0.1) is 10.2 Å². The summed E-state index contributed by atoms with van der Waals surface area (Å²) in [5.41, 5.74) is 0. The molecule has 44 heavy (non-hydrogen) atoms. The van der Waals surface area contributed by atoms with Gasteiger partial charge < -0.3 is 4.48 Å². The molecule has 0 aliphatic heterocycles. The molecule has 0 N–H and O–H groups in total. The van der Waals surface area contributed by atoms with Gasteiger partial charge in [-0.3, -0.25) is 0 Å². The van der Waals surface area contributed by atoms with Gasteiger partial charge in [-0.1, -0.05) is 194 Å². The molecule has 0 unspecified atom stereocenters. The zero-order valence-corrected chi connectivity index (χ0v) is 31.3. The Kier molecular flexibility index (Phi) is 37.7. The van der Waals surface area contributed by atoms with Crippen molar-refractivity contribution in [2.75, 3.05) is 27.2 Å². The van der Waals surface area contributed by atoms with Gasteiger partial charge in [0, 0.05) is 0 Å². The molecule has 0 aliphatic rings. The van der Waals surface area contributed by atoms with Crippen LogP contribution in [0.25, 0.3) is 0 Å². The Labute approximate surface area is 279 Å². The number of hydrogen-bond acceptors (Lipinski definition) is 4. The lowest BCUT2D eigenvalue weighted by atomic mass is 10.0. The van der Waals surface area contributed by atoms with Gasteiger partial charge in [-0.2, -0.15) is 0 Å². The van der Waals surface area contributed by atoms with Crippen molar-refractivity contribution in [2.45, 2.75) is 219 Å². The summed E-state index contributed by atoms with van der Waals surface area (Å²) in [6, 6.07) is 0. The molecule has 5 nitrogen and oxygen atoms in total. The summed E-state index contributed by atoms with van der Waals surface area (Å²) < 4.78 is 35.2. The third-order valence-electron chi connectivity index (χ3n) is 9.23. The third kappa shape index (κ3) is 49.0. The van der Waals surface area contributed by atoms with E-state index >= 15 is 0 Å². The fraction of sp³-hybridized carbons (Fsp3) is 1.00. The summed E-state index contributed by atoms with van der Waals surface area (Å²) in [7, 11) is -0.00712. The van der Waals surface area contributed by atoms with E-state index in [0.717, 1.165) is 0 Å². The van der Waals surface area contributed by atoms with Gasteiger partial charge in [0.05, 0.1) is 27.2 Å². The second-order valence-electron chi connectivity index (χ2n) is 14.4. The van der Waals surface area contributed by atoms with E-state index in [0.29, 0.717) is 0 Å². The molecule has 0 fully saturated rings. The maximum atomic E-state index is 8.49. The molecule has 0 bridgehead atoms. The quantitative estimate of drug-likeness (QED) is 0.0514. The van der Waals surface area contributed by atoms with Gasteiger partial charge in [-0.05, 0) is 25.7 Å². The zero-order valence-electron chi connectivity index (χ0n) is 30.5. The van der Waals surface area contributed by atoms with Crippen molar-refractivity contribution in [3.63, 3.8) is 0 Å². The minimum absolute atomic E-state index is 1.25. The molecule has 0 aromatic heterocycles. The number of halogens is 1. The molecule has 6 heteroatoms. The van der Waals surface area contributed by atoms with E-state index < -0.39 is 10.2 Å². The molecule has 0 atom stereocenters. The van der Waals surface area contributed by atoms with Crippen LogP contribution in [0.3, 0.4) is 0 Å². The summed E-state index contributed by atoms with van der Waals surface area (Å²) in [5.74, 6) is 0. The summed E-state index contributed by atoms with van der Waals surface area (Å²) in [6.45, 7) is 7.39. The molecule has 0 radical (unpaired) electrons. The summed E-state index contributed by atoms with van der Waals surface area (Å²) in [4.78, 5) is 0. The van der Waals surface area contributed by atoms with Gasteiger partial charge in [0.2, 0.25) is 0 Å². The zero-order chi connectivity index (χ0) is 33.0. The highest BCUT2D eigenvalue weighted by atomic mass is 35.7. The highest BCUT2D eigenvalue weighted by molar-refractivity contribution is 4.52. The number of hydrogen-bond donors (Lipinski definition) is 0. The van der Waals surface area contributed by atoms with Crippen LogP contribution in [0.1, 0.15) is 219 Å². The molecule has 0 saturated carbocycles. The highest BCUT2D eigenvalue weighted by Crippen LogP contribution is 2.16. The summed E-state index contributed by atoms with van der Waals surface area (Å²) in [6.07, 6.45) is 46.9. The smallest absolute Gasteiger partial charge is 0.0782 e. The molecule has 0 spiro atoms. The minimum Gasteiger partial charge on any atom is -0.328 e. The molecule has 0 aliphatic carbocycles. The Morgan fingerprint density at radius 2 is 0.432 bits per heavy atom. The monoisotopic (exact) mass is 650 g/mol. The predicted octanol–water partition coefficient (Wildman–Crippen LogP) is 8.83. The second kappa shape index (κ2) is 35.9. The predicted molar refractivity (Wildman–Crippen MR) is 181 cm³/mol. The molecule has 268 valence electrons. The molecule has 0 aromatic carbocycles. The maximum Gasteiger partial charge on any atom is 0.0782 e. The van der Waals surface area contributed by atoms with E-state index in [9.17, 15) is 0 Å². The Bertz CT molecular complexity index is 483. The van der Waals surface area contributed by atoms with Crippen molar-refractivity contribution >= 4 is 0 Å². The van der Waals surface area contributed by atoms with E-state index in [1.807, 2.05) is 0 Å². The van der Waals surface area contributed by atoms with Crippen LogP contribution >= 0.6 is 0 Å². The van der Waals surface area contributed by atoms with Crippen LogP contribution in [0.2, 0.25) is 0 Å². The standard InChI is InChI=1S/C38H80N.ClHO4/c1-5-7-9-11-13-15-17-19-21-23-25-27-29-31-33-35-37-39(3,4)38-36-34-32-30-28-26-24-22-20-18-16-14-12-10-8-6-2;2-1(3,4)5/h5-38H2,1-4H3;(H,2,3,4,5)/q+1;/p-1. The van der Waals surface area contributed by atoms with Gasteiger partial charge >= 0.3 is 0 Å². The summed E-state index contributed by atoms with van der Waals surface area (Å²) >= 11 is 0. The topological polar surface area (TPSA) is 92.2 Å².